The summed E-state index contributed by atoms with van der Waals surface area (Å²) in [5.41, 5.74) is 0.628. The van der Waals surface area contributed by atoms with E-state index >= 15 is 0 Å². The number of ether oxygens (including phenoxy) is 2. The minimum Gasteiger partial charge on any atom is -0.454 e. The Kier molecular flexibility index (Phi) is 3.68. The first-order valence-electron chi connectivity index (χ1n) is 6.30. The summed E-state index contributed by atoms with van der Waals surface area (Å²) in [6.07, 6.45) is 0.457. The third-order valence-electron chi connectivity index (χ3n) is 3.05. The Morgan fingerprint density at radius 2 is 2.20 bits per heavy atom. The Labute approximate surface area is 120 Å². The molecule has 20 heavy (non-hydrogen) atoms. The number of rotatable bonds is 2. The highest BCUT2D eigenvalue weighted by Gasteiger charge is 2.24. The second-order valence-corrected chi connectivity index (χ2v) is 5.65. The van der Waals surface area contributed by atoms with Crippen LogP contribution in [0.15, 0.2) is 18.2 Å². The molecule has 1 atom stereocenters. The van der Waals surface area contributed by atoms with Gasteiger partial charge in [-0.1, -0.05) is 0 Å². The Hall–Kier alpha value is -1.89. The molecule has 2 N–H and O–H groups in total. The summed E-state index contributed by atoms with van der Waals surface area (Å²) in [5, 5.41) is 5.51. The predicted octanol–water partition coefficient (Wildman–Crippen LogP) is 0.975. The molecule has 1 fully saturated rings. The van der Waals surface area contributed by atoms with Crippen molar-refractivity contribution in [2.45, 2.75) is 12.5 Å². The van der Waals surface area contributed by atoms with E-state index in [2.05, 4.69) is 10.6 Å². The van der Waals surface area contributed by atoms with Crippen molar-refractivity contribution < 1.29 is 19.1 Å². The van der Waals surface area contributed by atoms with E-state index in [0.29, 0.717) is 29.4 Å². The van der Waals surface area contributed by atoms with Crippen LogP contribution in [-0.2, 0) is 9.59 Å². The maximum Gasteiger partial charge on any atom is 0.247 e. The minimum atomic E-state index is -0.500. The number of hydrogen-bond donors (Lipinski definition) is 2. The molecule has 106 valence electrons. The van der Waals surface area contributed by atoms with E-state index in [9.17, 15) is 9.59 Å². The Bertz CT molecular complexity index is 549. The molecule has 1 aromatic rings. The molecule has 0 spiro atoms. The van der Waals surface area contributed by atoms with Crippen molar-refractivity contribution in [3.63, 3.8) is 0 Å². The lowest BCUT2D eigenvalue weighted by Crippen LogP contribution is -2.44. The molecule has 0 aromatic heterocycles. The van der Waals surface area contributed by atoms with Crippen molar-refractivity contribution in [2.75, 3.05) is 23.6 Å². The SMILES string of the molecule is O=C1CCSC[C@H](C(=O)Nc2ccc3c(c2)OCO3)N1. The van der Waals surface area contributed by atoms with Crippen molar-refractivity contribution in [1.29, 1.82) is 0 Å². The second kappa shape index (κ2) is 5.62. The molecule has 0 bridgehead atoms. The van der Waals surface area contributed by atoms with Crippen molar-refractivity contribution in [3.8, 4) is 11.5 Å². The van der Waals surface area contributed by atoms with E-state index in [4.69, 9.17) is 9.47 Å². The van der Waals surface area contributed by atoms with Crippen molar-refractivity contribution in [2.24, 2.45) is 0 Å². The van der Waals surface area contributed by atoms with Gasteiger partial charge in [0, 0.05) is 29.7 Å². The number of amides is 2. The average Bonchev–Trinajstić information content (AvgIpc) is 2.78. The summed E-state index contributed by atoms with van der Waals surface area (Å²) in [6, 6.07) is 4.71. The van der Waals surface area contributed by atoms with Gasteiger partial charge in [-0.3, -0.25) is 9.59 Å². The summed E-state index contributed by atoms with van der Waals surface area (Å²) in [7, 11) is 0. The summed E-state index contributed by atoms with van der Waals surface area (Å²) < 4.78 is 10.5. The lowest BCUT2D eigenvalue weighted by Gasteiger charge is -2.15. The number of carbonyl (C=O) groups excluding carboxylic acids is 2. The van der Waals surface area contributed by atoms with Gasteiger partial charge in [-0.25, -0.2) is 0 Å². The third-order valence-corrected chi connectivity index (χ3v) is 4.11. The standard InChI is InChI=1S/C13H14N2O4S/c16-12-3-4-20-6-9(15-12)13(17)14-8-1-2-10-11(5-8)19-7-18-10/h1-2,5,9H,3-4,6-7H2,(H,14,17)(H,15,16)/t9-/m1/s1. The molecule has 2 aliphatic heterocycles. The Morgan fingerprint density at radius 3 is 3.10 bits per heavy atom. The van der Waals surface area contributed by atoms with Crippen LogP contribution in [0.1, 0.15) is 6.42 Å². The number of thioether (sulfide) groups is 1. The largest absolute Gasteiger partial charge is 0.454 e. The van der Waals surface area contributed by atoms with E-state index in [1.165, 1.54) is 0 Å². The fourth-order valence-electron chi connectivity index (χ4n) is 2.02. The van der Waals surface area contributed by atoms with Gasteiger partial charge in [0.05, 0.1) is 0 Å². The van der Waals surface area contributed by atoms with Gasteiger partial charge >= 0.3 is 0 Å². The average molecular weight is 294 g/mol. The van der Waals surface area contributed by atoms with Gasteiger partial charge in [-0.2, -0.15) is 11.8 Å². The van der Waals surface area contributed by atoms with Gasteiger partial charge in [-0.05, 0) is 12.1 Å². The zero-order valence-electron chi connectivity index (χ0n) is 10.7. The second-order valence-electron chi connectivity index (χ2n) is 4.50. The van der Waals surface area contributed by atoms with E-state index in [0.717, 1.165) is 5.75 Å². The molecule has 3 rings (SSSR count). The minimum absolute atomic E-state index is 0.0826. The zero-order chi connectivity index (χ0) is 13.9. The number of benzene rings is 1. The van der Waals surface area contributed by atoms with Crippen LogP contribution < -0.4 is 20.1 Å². The van der Waals surface area contributed by atoms with Crippen LogP contribution in [0, 0.1) is 0 Å². The quantitative estimate of drug-likeness (QED) is 0.850. The summed E-state index contributed by atoms with van der Waals surface area (Å²) >= 11 is 1.60. The molecule has 0 radical (unpaired) electrons. The van der Waals surface area contributed by atoms with Crippen molar-refractivity contribution >= 4 is 29.3 Å². The first kappa shape index (κ1) is 13.1. The lowest BCUT2D eigenvalue weighted by atomic mass is 10.2. The van der Waals surface area contributed by atoms with E-state index < -0.39 is 6.04 Å². The van der Waals surface area contributed by atoms with Gasteiger partial charge < -0.3 is 20.1 Å². The molecule has 0 unspecified atom stereocenters. The lowest BCUT2D eigenvalue weighted by molar-refractivity contribution is -0.125. The Balaban J connectivity index is 1.67. The molecular weight excluding hydrogens is 280 g/mol. The first-order valence-corrected chi connectivity index (χ1v) is 7.45. The fourth-order valence-corrected chi connectivity index (χ4v) is 2.99. The first-order chi connectivity index (χ1) is 9.72. The van der Waals surface area contributed by atoms with Crippen molar-refractivity contribution in [3.05, 3.63) is 18.2 Å². The highest BCUT2D eigenvalue weighted by Crippen LogP contribution is 2.34. The smallest absolute Gasteiger partial charge is 0.247 e. The van der Waals surface area contributed by atoms with Gasteiger partial charge in [0.2, 0.25) is 18.6 Å². The fraction of sp³-hybridized carbons (Fsp3) is 0.385. The molecule has 2 amide bonds. The van der Waals surface area contributed by atoms with Crippen LogP contribution in [0.2, 0.25) is 0 Å². The van der Waals surface area contributed by atoms with E-state index in [1.54, 1.807) is 30.0 Å². The van der Waals surface area contributed by atoms with Crippen LogP contribution in [0.4, 0.5) is 5.69 Å². The number of anilines is 1. The maximum absolute atomic E-state index is 12.2. The monoisotopic (exact) mass is 294 g/mol. The molecule has 6 nitrogen and oxygen atoms in total. The summed E-state index contributed by atoms with van der Waals surface area (Å²) in [5.74, 6) is 2.32. The van der Waals surface area contributed by atoms with E-state index in [1.807, 2.05) is 0 Å². The molecule has 0 aliphatic carbocycles. The molecule has 1 saturated heterocycles. The Morgan fingerprint density at radius 1 is 1.35 bits per heavy atom. The van der Waals surface area contributed by atoms with Gasteiger partial charge in [-0.15, -0.1) is 0 Å². The highest BCUT2D eigenvalue weighted by molar-refractivity contribution is 7.99. The molecule has 2 aliphatic rings. The molecule has 1 aromatic carbocycles. The maximum atomic E-state index is 12.2. The molecule has 0 saturated carbocycles. The summed E-state index contributed by atoms with van der Waals surface area (Å²) in [4.78, 5) is 23.6. The predicted molar refractivity (Wildman–Crippen MR) is 75.1 cm³/mol. The van der Waals surface area contributed by atoms with Crippen LogP contribution >= 0.6 is 11.8 Å². The number of nitrogens with one attached hydrogen (secondary N) is 2. The molecular formula is C13H14N2O4S. The third kappa shape index (κ3) is 2.82. The van der Waals surface area contributed by atoms with Crippen LogP contribution in [0.25, 0.3) is 0 Å². The van der Waals surface area contributed by atoms with Gasteiger partial charge in [0.1, 0.15) is 6.04 Å². The van der Waals surface area contributed by atoms with Crippen LogP contribution in [0.3, 0.4) is 0 Å². The molecule has 7 heteroatoms. The topological polar surface area (TPSA) is 76.7 Å². The van der Waals surface area contributed by atoms with Gasteiger partial charge in [0.25, 0.3) is 0 Å². The summed E-state index contributed by atoms with van der Waals surface area (Å²) in [6.45, 7) is 0.196. The number of fused-ring (bicyclic) bond motifs is 1. The number of carbonyl (C=O) groups is 2. The normalized spacial score (nSPS) is 21.0. The van der Waals surface area contributed by atoms with Crippen molar-refractivity contribution in [1.82, 2.24) is 5.32 Å². The highest BCUT2D eigenvalue weighted by atomic mass is 32.2. The van der Waals surface area contributed by atoms with Gasteiger partial charge in [0.15, 0.2) is 11.5 Å². The van der Waals surface area contributed by atoms with Crippen LogP contribution in [0.5, 0.6) is 11.5 Å². The number of hydrogen-bond acceptors (Lipinski definition) is 5. The van der Waals surface area contributed by atoms with E-state index in [-0.39, 0.29) is 18.6 Å². The zero-order valence-corrected chi connectivity index (χ0v) is 11.5. The van der Waals surface area contributed by atoms with Crippen LogP contribution in [-0.4, -0.2) is 36.2 Å². The molecule has 2 heterocycles.